The number of benzene rings is 1. The van der Waals surface area contributed by atoms with E-state index in [2.05, 4.69) is 52.1 Å². The molecule has 1 aliphatic heterocycles. The van der Waals surface area contributed by atoms with Crippen LogP contribution in [0.4, 0.5) is 0 Å². The molecule has 0 aromatic heterocycles. The van der Waals surface area contributed by atoms with E-state index < -0.39 is 0 Å². The third-order valence-corrected chi connectivity index (χ3v) is 7.52. The average Bonchev–Trinajstić information content (AvgIpc) is 2.68. The number of amides is 1. The Labute approximate surface area is 201 Å². The lowest BCUT2D eigenvalue weighted by Crippen LogP contribution is -2.47. The van der Waals surface area contributed by atoms with Gasteiger partial charge in [-0.05, 0) is 77.0 Å². The Morgan fingerprint density at radius 2 is 1.85 bits per heavy atom. The molecule has 3 rings (SSSR count). The summed E-state index contributed by atoms with van der Waals surface area (Å²) in [6.07, 6.45) is 9.49. The smallest absolute Gasteiger partial charge is 0.247 e. The van der Waals surface area contributed by atoms with Gasteiger partial charge >= 0.3 is 0 Å². The molecule has 1 aromatic carbocycles. The predicted octanol–water partition coefficient (Wildman–Crippen LogP) is 7.15. The molecule has 184 valence electrons. The van der Waals surface area contributed by atoms with Crippen molar-refractivity contribution in [2.75, 3.05) is 0 Å². The van der Waals surface area contributed by atoms with E-state index in [9.17, 15) is 9.90 Å². The Hall–Kier alpha value is -1.97. The Morgan fingerprint density at radius 3 is 2.48 bits per heavy atom. The number of aromatic hydroxyl groups is 1. The number of phenolic OH excluding ortho intramolecular Hbond substituents is 1. The second kappa shape index (κ2) is 9.35. The summed E-state index contributed by atoms with van der Waals surface area (Å²) in [5, 5.41) is 14.3. The molecular formula is C29H45NO3. The highest BCUT2D eigenvalue weighted by Gasteiger charge is 2.47. The van der Waals surface area contributed by atoms with Crippen molar-refractivity contribution in [1.29, 1.82) is 0 Å². The first kappa shape index (κ1) is 25.6. The van der Waals surface area contributed by atoms with E-state index in [1.165, 1.54) is 25.7 Å². The van der Waals surface area contributed by atoms with Crippen LogP contribution in [0.1, 0.15) is 117 Å². The summed E-state index contributed by atoms with van der Waals surface area (Å²) in [5.74, 6) is 1.38. The van der Waals surface area contributed by atoms with Gasteiger partial charge in [-0.3, -0.25) is 4.79 Å². The van der Waals surface area contributed by atoms with E-state index in [-0.39, 0.29) is 34.3 Å². The summed E-state index contributed by atoms with van der Waals surface area (Å²) in [7, 11) is 0. The average molecular weight is 456 g/mol. The SMILES string of the molecule is CCCCCCC(C)(C)c1cc(O)c2c(c1)OC(C)(C)[C@@H]1CC=C(C(=O)NC(C)(C)C)C[C@@H]21. The number of ether oxygens (including phenoxy) is 1. The number of hydrogen-bond acceptors (Lipinski definition) is 3. The van der Waals surface area contributed by atoms with Crippen molar-refractivity contribution in [3.05, 3.63) is 34.9 Å². The van der Waals surface area contributed by atoms with Crippen molar-refractivity contribution >= 4 is 5.91 Å². The molecule has 0 radical (unpaired) electrons. The largest absolute Gasteiger partial charge is 0.508 e. The second-order valence-electron chi connectivity index (χ2n) is 12.4. The van der Waals surface area contributed by atoms with Crippen LogP contribution in [0.2, 0.25) is 0 Å². The van der Waals surface area contributed by atoms with Crippen LogP contribution in [0.15, 0.2) is 23.8 Å². The van der Waals surface area contributed by atoms with Crippen LogP contribution in [0.25, 0.3) is 0 Å². The quantitative estimate of drug-likeness (QED) is 0.429. The van der Waals surface area contributed by atoms with Gasteiger partial charge in [0, 0.05) is 28.5 Å². The first-order valence-corrected chi connectivity index (χ1v) is 12.8. The second-order valence-corrected chi connectivity index (χ2v) is 12.4. The Balaban J connectivity index is 1.92. The molecule has 4 heteroatoms. The molecule has 0 bridgehead atoms. The molecule has 1 aromatic rings. The van der Waals surface area contributed by atoms with Gasteiger partial charge in [-0.1, -0.05) is 52.5 Å². The van der Waals surface area contributed by atoms with Gasteiger partial charge in [-0.25, -0.2) is 0 Å². The zero-order valence-corrected chi connectivity index (χ0v) is 22.1. The molecular weight excluding hydrogens is 410 g/mol. The normalized spacial score (nSPS) is 22.0. The lowest BCUT2D eigenvalue weighted by Gasteiger charge is -2.47. The molecule has 1 aliphatic carbocycles. The van der Waals surface area contributed by atoms with E-state index in [4.69, 9.17) is 4.74 Å². The molecule has 2 N–H and O–H groups in total. The third kappa shape index (κ3) is 5.75. The van der Waals surface area contributed by atoms with Crippen molar-refractivity contribution in [2.24, 2.45) is 5.92 Å². The number of carbonyl (C=O) groups excluding carboxylic acids is 1. The van der Waals surface area contributed by atoms with Crippen LogP contribution in [0.3, 0.4) is 0 Å². The maximum atomic E-state index is 12.9. The van der Waals surface area contributed by atoms with Crippen LogP contribution in [-0.4, -0.2) is 22.2 Å². The molecule has 2 aliphatic rings. The van der Waals surface area contributed by atoms with E-state index in [1.807, 2.05) is 26.8 Å². The van der Waals surface area contributed by atoms with Crippen LogP contribution in [-0.2, 0) is 10.2 Å². The molecule has 0 unspecified atom stereocenters. The highest BCUT2D eigenvalue weighted by molar-refractivity contribution is 5.94. The molecule has 33 heavy (non-hydrogen) atoms. The Kier molecular flexibility index (Phi) is 7.27. The number of unbranched alkanes of at least 4 members (excludes halogenated alkanes) is 3. The maximum absolute atomic E-state index is 12.9. The van der Waals surface area contributed by atoms with Gasteiger partial charge in [-0.15, -0.1) is 0 Å². The summed E-state index contributed by atoms with van der Waals surface area (Å²) in [5.41, 5.74) is 2.14. The molecule has 0 spiro atoms. The molecule has 1 heterocycles. The first-order chi connectivity index (χ1) is 15.2. The number of phenols is 1. The minimum Gasteiger partial charge on any atom is -0.508 e. The maximum Gasteiger partial charge on any atom is 0.247 e. The Bertz CT molecular complexity index is 904. The number of allylic oxidation sites excluding steroid dienone is 1. The standard InChI is InChI=1S/C29H45NO3/c1-9-10-11-12-15-28(5,6)20-17-23(31)25-21-16-19(26(32)30-27(2,3)4)13-14-22(21)29(7,8)33-24(25)18-20/h13,17-18,21-22,31H,9-12,14-16H2,1-8H3,(H,30,32)/t21-,22-/m1/s1. The minimum atomic E-state index is -0.365. The van der Waals surface area contributed by atoms with E-state index >= 15 is 0 Å². The van der Waals surface area contributed by atoms with Gasteiger partial charge in [-0.2, -0.15) is 0 Å². The summed E-state index contributed by atoms with van der Waals surface area (Å²) in [4.78, 5) is 12.9. The van der Waals surface area contributed by atoms with Gasteiger partial charge in [0.05, 0.1) is 0 Å². The minimum absolute atomic E-state index is 0.00359. The van der Waals surface area contributed by atoms with Crippen molar-refractivity contribution in [3.8, 4) is 11.5 Å². The van der Waals surface area contributed by atoms with Crippen molar-refractivity contribution in [1.82, 2.24) is 5.32 Å². The van der Waals surface area contributed by atoms with Crippen LogP contribution in [0.5, 0.6) is 11.5 Å². The predicted molar refractivity (Wildman–Crippen MR) is 136 cm³/mol. The number of hydrogen-bond donors (Lipinski definition) is 2. The number of nitrogens with one attached hydrogen (secondary N) is 1. The number of rotatable bonds is 7. The molecule has 0 saturated heterocycles. The third-order valence-electron chi connectivity index (χ3n) is 7.52. The fourth-order valence-corrected chi connectivity index (χ4v) is 5.53. The zero-order chi connectivity index (χ0) is 24.6. The lowest BCUT2D eigenvalue weighted by atomic mass is 9.66. The van der Waals surface area contributed by atoms with E-state index in [1.54, 1.807) is 0 Å². The summed E-state index contributed by atoms with van der Waals surface area (Å²) >= 11 is 0. The van der Waals surface area contributed by atoms with Crippen molar-refractivity contribution in [2.45, 2.75) is 123 Å². The van der Waals surface area contributed by atoms with Crippen LogP contribution < -0.4 is 10.1 Å². The van der Waals surface area contributed by atoms with Gasteiger partial charge in [0.15, 0.2) is 0 Å². The number of carbonyl (C=O) groups is 1. The molecule has 2 atom stereocenters. The van der Waals surface area contributed by atoms with E-state index in [0.717, 1.165) is 35.3 Å². The summed E-state index contributed by atoms with van der Waals surface area (Å²) in [6, 6.07) is 4.10. The van der Waals surface area contributed by atoms with Gasteiger partial charge < -0.3 is 15.2 Å². The molecule has 0 fully saturated rings. The first-order valence-electron chi connectivity index (χ1n) is 12.8. The fraction of sp³-hybridized carbons (Fsp3) is 0.690. The summed E-state index contributed by atoms with van der Waals surface area (Å²) < 4.78 is 6.53. The Morgan fingerprint density at radius 1 is 1.15 bits per heavy atom. The van der Waals surface area contributed by atoms with E-state index in [0.29, 0.717) is 12.2 Å². The number of fused-ring (bicyclic) bond motifs is 3. The molecule has 0 saturated carbocycles. The van der Waals surface area contributed by atoms with Crippen LogP contribution in [0, 0.1) is 5.92 Å². The van der Waals surface area contributed by atoms with Gasteiger partial charge in [0.25, 0.3) is 0 Å². The molecule has 4 nitrogen and oxygen atoms in total. The van der Waals surface area contributed by atoms with Crippen molar-refractivity contribution in [3.63, 3.8) is 0 Å². The highest BCUT2D eigenvalue weighted by Crippen LogP contribution is 2.55. The molecule has 1 amide bonds. The summed E-state index contributed by atoms with van der Waals surface area (Å²) in [6.45, 7) is 17.0. The lowest BCUT2D eigenvalue weighted by molar-refractivity contribution is -0.119. The van der Waals surface area contributed by atoms with Gasteiger partial charge in [0.1, 0.15) is 17.1 Å². The van der Waals surface area contributed by atoms with Crippen LogP contribution >= 0.6 is 0 Å². The zero-order valence-electron chi connectivity index (χ0n) is 22.1. The highest BCUT2D eigenvalue weighted by atomic mass is 16.5. The van der Waals surface area contributed by atoms with Crippen molar-refractivity contribution < 1.29 is 14.6 Å². The monoisotopic (exact) mass is 455 g/mol. The fourth-order valence-electron chi connectivity index (χ4n) is 5.53. The topological polar surface area (TPSA) is 58.6 Å². The van der Waals surface area contributed by atoms with Gasteiger partial charge in [0.2, 0.25) is 5.91 Å².